The van der Waals surface area contributed by atoms with Gasteiger partial charge in [0, 0.05) is 6.42 Å². The Morgan fingerprint density at radius 3 is 2.00 bits per heavy atom. The van der Waals surface area contributed by atoms with E-state index >= 15 is 0 Å². The number of carbonyl (C=O) groups is 1. The summed E-state index contributed by atoms with van der Waals surface area (Å²) < 4.78 is 0. The van der Waals surface area contributed by atoms with Crippen molar-refractivity contribution in [3.05, 3.63) is 0 Å². The van der Waals surface area contributed by atoms with Gasteiger partial charge >= 0.3 is 0 Å². The first-order valence-corrected chi connectivity index (χ1v) is 5.13. The first kappa shape index (κ1) is 13.6. The summed E-state index contributed by atoms with van der Waals surface area (Å²) in [5.74, 6) is 0. The predicted molar refractivity (Wildman–Crippen MR) is 58.8 cm³/mol. The van der Waals surface area contributed by atoms with Gasteiger partial charge < -0.3 is 0 Å². The molecule has 0 atom stereocenters. The molecule has 3 nitrogen and oxygen atoms in total. The Bertz CT molecular complexity index is 229. The fourth-order valence-corrected chi connectivity index (χ4v) is 0.834. The highest BCUT2D eigenvalue weighted by Gasteiger charge is 2.19. The van der Waals surface area contributed by atoms with Crippen LogP contribution >= 0.6 is 11.6 Å². The summed E-state index contributed by atoms with van der Waals surface area (Å²) in [5.41, 5.74) is -0.472. The number of carbonyl (C=O) groups excluding carboxylic acids is 1. The minimum atomic E-state index is -0.316. The Morgan fingerprint density at radius 2 is 1.64 bits per heavy atom. The first-order chi connectivity index (χ1) is 6.12. The Morgan fingerprint density at radius 1 is 1.14 bits per heavy atom. The lowest BCUT2D eigenvalue weighted by atomic mass is 10.0. The van der Waals surface area contributed by atoms with E-state index in [9.17, 15) is 4.79 Å². The fourth-order valence-electron chi connectivity index (χ4n) is 0.740. The van der Waals surface area contributed by atoms with Crippen LogP contribution in [-0.2, 0) is 4.79 Å². The molecule has 0 spiro atoms. The van der Waals surface area contributed by atoms with Crippen molar-refractivity contribution in [2.24, 2.45) is 10.2 Å². The molecular weight excluding hydrogens is 200 g/mol. The van der Waals surface area contributed by atoms with Crippen molar-refractivity contribution in [2.75, 3.05) is 0 Å². The zero-order chi connectivity index (χ0) is 11.4. The summed E-state index contributed by atoms with van der Waals surface area (Å²) in [6.45, 7) is 9.85. The van der Waals surface area contributed by atoms with Gasteiger partial charge in [-0.3, -0.25) is 4.79 Å². The van der Waals surface area contributed by atoms with Crippen LogP contribution in [0.25, 0.3) is 0 Å². The van der Waals surface area contributed by atoms with Gasteiger partial charge in [0.05, 0.1) is 11.1 Å². The second-order valence-corrected chi connectivity index (χ2v) is 5.46. The maximum atomic E-state index is 10.6. The molecule has 0 N–H and O–H groups in total. The van der Waals surface area contributed by atoms with Gasteiger partial charge in [0.15, 0.2) is 0 Å². The van der Waals surface area contributed by atoms with Crippen LogP contribution in [0.1, 0.15) is 47.5 Å². The van der Waals surface area contributed by atoms with E-state index in [0.717, 1.165) is 0 Å². The van der Waals surface area contributed by atoms with Crippen LogP contribution in [0.4, 0.5) is 0 Å². The summed E-state index contributed by atoms with van der Waals surface area (Å²) in [6.07, 6.45) is 0.979. The average Bonchev–Trinajstić information content (AvgIpc) is 1.97. The third kappa shape index (κ3) is 8.17. The van der Waals surface area contributed by atoms with Gasteiger partial charge in [-0.15, -0.1) is 0 Å². The van der Waals surface area contributed by atoms with Crippen LogP contribution in [0.15, 0.2) is 10.2 Å². The van der Waals surface area contributed by atoms with Gasteiger partial charge in [-0.1, -0.05) is 0 Å². The molecule has 82 valence electrons. The van der Waals surface area contributed by atoms with Gasteiger partial charge in [-0.05, 0) is 52.6 Å². The van der Waals surface area contributed by atoms with Gasteiger partial charge in [-0.25, -0.2) is 0 Å². The molecule has 0 amide bonds. The number of azo groups is 1. The summed E-state index contributed by atoms with van der Waals surface area (Å²) in [5, 5.41) is 8.07. The molecule has 0 saturated carbocycles. The molecule has 0 heterocycles. The number of hydrogen-bond donors (Lipinski definition) is 0. The number of hydrogen-bond acceptors (Lipinski definition) is 3. The predicted octanol–water partition coefficient (Wildman–Crippen LogP) is 3.56. The molecule has 0 bridgehead atoms. The minimum absolute atomic E-state index is 0.164. The molecule has 0 aliphatic carbocycles. The topological polar surface area (TPSA) is 41.8 Å². The van der Waals surface area contributed by atoms with Crippen molar-refractivity contribution in [1.82, 2.24) is 0 Å². The molecule has 4 heteroatoms. The highest BCUT2D eigenvalue weighted by molar-refractivity contribution is 6.63. The summed E-state index contributed by atoms with van der Waals surface area (Å²) in [4.78, 5) is 10.6. The lowest BCUT2D eigenvalue weighted by Gasteiger charge is -2.19. The van der Waals surface area contributed by atoms with E-state index in [1.165, 1.54) is 0 Å². The molecule has 14 heavy (non-hydrogen) atoms. The number of nitrogens with zero attached hydrogens (tertiary/aromatic N) is 2. The van der Waals surface area contributed by atoms with E-state index in [-0.39, 0.29) is 16.3 Å². The third-order valence-electron chi connectivity index (χ3n) is 1.55. The van der Waals surface area contributed by atoms with Crippen molar-refractivity contribution in [2.45, 2.75) is 58.5 Å². The molecule has 0 aliphatic heterocycles. The molecule has 0 aliphatic rings. The average molecular weight is 219 g/mol. The second kappa shape index (κ2) is 4.87. The molecule has 0 saturated heterocycles. The van der Waals surface area contributed by atoms with E-state index in [0.29, 0.717) is 12.8 Å². The first-order valence-electron chi connectivity index (χ1n) is 4.75. The SMILES string of the molecule is CC(C)(C)N=NC(C)(C)CCC(=O)Cl. The van der Waals surface area contributed by atoms with Crippen LogP contribution in [-0.4, -0.2) is 16.3 Å². The second-order valence-electron chi connectivity index (χ2n) is 5.04. The molecule has 0 aromatic rings. The largest absolute Gasteiger partial charge is 0.281 e. The maximum Gasteiger partial charge on any atom is 0.221 e. The molecule has 0 aromatic carbocycles. The van der Waals surface area contributed by atoms with Crippen molar-refractivity contribution in [3.8, 4) is 0 Å². The van der Waals surface area contributed by atoms with Gasteiger partial charge in [-0.2, -0.15) is 10.2 Å². The lowest BCUT2D eigenvalue weighted by Crippen LogP contribution is -2.19. The molecule has 0 radical (unpaired) electrons. The summed E-state index contributed by atoms with van der Waals surface area (Å²) >= 11 is 5.26. The lowest BCUT2D eigenvalue weighted by molar-refractivity contribution is -0.112. The van der Waals surface area contributed by atoms with Gasteiger partial charge in [0.2, 0.25) is 5.24 Å². The van der Waals surface area contributed by atoms with Crippen molar-refractivity contribution in [3.63, 3.8) is 0 Å². The summed E-state index contributed by atoms with van der Waals surface area (Å²) in [6, 6.07) is 0. The molecule has 0 aromatic heterocycles. The monoisotopic (exact) mass is 218 g/mol. The Kier molecular flexibility index (Phi) is 4.72. The minimum Gasteiger partial charge on any atom is -0.281 e. The van der Waals surface area contributed by atoms with Crippen LogP contribution in [0, 0.1) is 0 Å². The van der Waals surface area contributed by atoms with E-state index in [1.54, 1.807) is 0 Å². The normalized spacial score (nSPS) is 13.6. The Balaban J connectivity index is 4.20. The van der Waals surface area contributed by atoms with Crippen LogP contribution in [0.5, 0.6) is 0 Å². The van der Waals surface area contributed by atoms with E-state index in [4.69, 9.17) is 11.6 Å². The van der Waals surface area contributed by atoms with Crippen LogP contribution in [0.3, 0.4) is 0 Å². The van der Waals surface area contributed by atoms with E-state index < -0.39 is 0 Å². The molecule has 0 unspecified atom stereocenters. The fraction of sp³-hybridized carbons (Fsp3) is 0.900. The Hall–Kier alpha value is -0.440. The van der Waals surface area contributed by atoms with Gasteiger partial charge in [0.25, 0.3) is 0 Å². The quantitative estimate of drug-likeness (QED) is 0.526. The molecule has 0 fully saturated rings. The van der Waals surface area contributed by atoms with E-state index in [2.05, 4.69) is 10.2 Å². The highest BCUT2D eigenvalue weighted by Crippen LogP contribution is 2.20. The number of halogens is 1. The Labute approximate surface area is 90.9 Å². The maximum absolute atomic E-state index is 10.6. The smallest absolute Gasteiger partial charge is 0.221 e. The zero-order valence-corrected chi connectivity index (χ0v) is 10.4. The summed E-state index contributed by atoms with van der Waals surface area (Å²) in [7, 11) is 0. The number of rotatable bonds is 4. The van der Waals surface area contributed by atoms with E-state index in [1.807, 2.05) is 34.6 Å². The van der Waals surface area contributed by atoms with Gasteiger partial charge in [0.1, 0.15) is 0 Å². The van der Waals surface area contributed by atoms with Crippen molar-refractivity contribution >= 4 is 16.8 Å². The van der Waals surface area contributed by atoms with Crippen LogP contribution in [0.2, 0.25) is 0 Å². The zero-order valence-electron chi connectivity index (χ0n) is 9.59. The molecule has 0 rings (SSSR count). The van der Waals surface area contributed by atoms with Crippen molar-refractivity contribution < 1.29 is 4.79 Å². The molecular formula is C10H19ClN2O. The van der Waals surface area contributed by atoms with Crippen molar-refractivity contribution in [1.29, 1.82) is 0 Å². The van der Waals surface area contributed by atoms with Crippen LogP contribution < -0.4 is 0 Å². The third-order valence-corrected chi connectivity index (χ3v) is 1.74. The standard InChI is InChI=1S/C10H19ClN2O/c1-9(2,3)12-13-10(4,5)7-6-8(11)14/h6-7H2,1-5H3. The highest BCUT2D eigenvalue weighted by atomic mass is 35.5.